The molecule has 3 aromatic heterocycles. The average Bonchev–Trinajstić information content (AvgIpc) is 3.28. The smallest absolute Gasteiger partial charge is 0.225 e. The lowest BCUT2D eigenvalue weighted by atomic mass is 10.3. The van der Waals surface area contributed by atoms with Crippen molar-refractivity contribution in [2.24, 2.45) is 0 Å². The SMILES string of the molecule is c1cnc(N2CCN(Cn3ccc(-c4cccs4)n3)CC2)nc1. The average molecular weight is 326 g/mol. The van der Waals surface area contributed by atoms with Crippen molar-refractivity contribution in [1.82, 2.24) is 24.6 Å². The summed E-state index contributed by atoms with van der Waals surface area (Å²) in [5, 5.41) is 6.75. The molecule has 0 spiro atoms. The van der Waals surface area contributed by atoms with Crippen LogP contribution in [0.2, 0.25) is 0 Å². The predicted octanol–water partition coefficient (Wildman–Crippen LogP) is 2.18. The molecule has 0 amide bonds. The van der Waals surface area contributed by atoms with Gasteiger partial charge in [-0.1, -0.05) is 6.07 Å². The Labute approximate surface area is 139 Å². The Morgan fingerprint density at radius 3 is 2.57 bits per heavy atom. The summed E-state index contributed by atoms with van der Waals surface area (Å²) in [4.78, 5) is 14.5. The number of rotatable bonds is 4. The first-order chi connectivity index (χ1) is 11.4. The van der Waals surface area contributed by atoms with E-state index in [9.17, 15) is 0 Å². The zero-order valence-electron chi connectivity index (χ0n) is 12.7. The van der Waals surface area contributed by atoms with Crippen LogP contribution in [0.1, 0.15) is 0 Å². The summed E-state index contributed by atoms with van der Waals surface area (Å²) in [6, 6.07) is 8.10. The molecule has 1 aliphatic rings. The molecule has 7 heteroatoms. The fraction of sp³-hybridized carbons (Fsp3) is 0.312. The number of anilines is 1. The molecule has 0 N–H and O–H groups in total. The first-order valence-electron chi connectivity index (χ1n) is 7.70. The summed E-state index contributed by atoms with van der Waals surface area (Å²) in [7, 11) is 0. The van der Waals surface area contributed by atoms with Gasteiger partial charge < -0.3 is 4.90 Å². The van der Waals surface area contributed by atoms with Crippen LogP contribution in [0, 0.1) is 0 Å². The third-order valence-corrected chi connectivity index (χ3v) is 4.86. The second-order valence-electron chi connectivity index (χ2n) is 5.51. The lowest BCUT2D eigenvalue weighted by molar-refractivity contribution is 0.195. The van der Waals surface area contributed by atoms with E-state index in [1.807, 2.05) is 10.7 Å². The van der Waals surface area contributed by atoms with E-state index in [2.05, 4.69) is 54.6 Å². The third-order valence-electron chi connectivity index (χ3n) is 3.97. The molecule has 4 rings (SSSR count). The maximum atomic E-state index is 4.67. The molecule has 0 bridgehead atoms. The standard InChI is InChI=1S/C16H18N6S/c1-3-15(23-12-1)14-4-7-22(19-14)13-20-8-10-21(11-9-20)16-17-5-2-6-18-16/h1-7,12H,8-11,13H2. The molecule has 0 atom stereocenters. The molecule has 3 aromatic rings. The number of aromatic nitrogens is 4. The Kier molecular flexibility index (Phi) is 4.04. The second kappa shape index (κ2) is 6.47. The minimum atomic E-state index is 0.825. The van der Waals surface area contributed by atoms with Crippen molar-refractivity contribution in [3.8, 4) is 10.6 Å². The number of piperazine rings is 1. The third kappa shape index (κ3) is 3.25. The van der Waals surface area contributed by atoms with Crippen molar-refractivity contribution in [2.45, 2.75) is 6.67 Å². The van der Waals surface area contributed by atoms with Gasteiger partial charge in [0.15, 0.2) is 0 Å². The zero-order valence-corrected chi connectivity index (χ0v) is 13.6. The zero-order chi connectivity index (χ0) is 15.5. The lowest BCUT2D eigenvalue weighted by Gasteiger charge is -2.34. The van der Waals surface area contributed by atoms with Gasteiger partial charge in [-0.2, -0.15) is 5.10 Å². The largest absolute Gasteiger partial charge is 0.338 e. The molecule has 0 aliphatic carbocycles. The van der Waals surface area contributed by atoms with Gasteiger partial charge in [0.25, 0.3) is 0 Å². The summed E-state index contributed by atoms with van der Waals surface area (Å²) in [6.07, 6.45) is 5.65. The van der Waals surface area contributed by atoms with E-state index in [0.29, 0.717) is 0 Å². The van der Waals surface area contributed by atoms with Crippen molar-refractivity contribution in [3.05, 3.63) is 48.2 Å². The molecule has 4 heterocycles. The molecule has 23 heavy (non-hydrogen) atoms. The van der Waals surface area contributed by atoms with E-state index in [1.54, 1.807) is 23.7 Å². The molecule has 1 saturated heterocycles. The second-order valence-corrected chi connectivity index (χ2v) is 6.46. The van der Waals surface area contributed by atoms with Gasteiger partial charge in [-0.25, -0.2) is 9.97 Å². The van der Waals surface area contributed by atoms with E-state index in [0.717, 1.165) is 44.5 Å². The molecule has 0 aromatic carbocycles. The molecule has 0 saturated carbocycles. The van der Waals surface area contributed by atoms with Crippen LogP contribution in [0.3, 0.4) is 0 Å². The van der Waals surface area contributed by atoms with Crippen molar-refractivity contribution in [2.75, 3.05) is 31.1 Å². The van der Waals surface area contributed by atoms with Gasteiger partial charge in [-0.3, -0.25) is 9.58 Å². The monoisotopic (exact) mass is 326 g/mol. The van der Waals surface area contributed by atoms with Gasteiger partial charge in [0.1, 0.15) is 5.69 Å². The Morgan fingerprint density at radius 1 is 1.00 bits per heavy atom. The van der Waals surface area contributed by atoms with Crippen LogP contribution in [0.5, 0.6) is 0 Å². The summed E-state index contributed by atoms with van der Waals surface area (Å²) in [5.74, 6) is 0.825. The van der Waals surface area contributed by atoms with Crippen molar-refractivity contribution >= 4 is 17.3 Å². The maximum Gasteiger partial charge on any atom is 0.225 e. The molecule has 1 aliphatic heterocycles. The molecule has 118 valence electrons. The van der Waals surface area contributed by atoms with Crippen LogP contribution in [0.15, 0.2) is 48.2 Å². The van der Waals surface area contributed by atoms with Crippen LogP contribution >= 0.6 is 11.3 Å². The van der Waals surface area contributed by atoms with E-state index in [1.165, 1.54) is 4.88 Å². The van der Waals surface area contributed by atoms with E-state index < -0.39 is 0 Å². The van der Waals surface area contributed by atoms with E-state index in [4.69, 9.17) is 0 Å². The minimum Gasteiger partial charge on any atom is -0.338 e. The Hall–Kier alpha value is -2.25. The highest BCUT2D eigenvalue weighted by Crippen LogP contribution is 2.22. The highest BCUT2D eigenvalue weighted by atomic mass is 32.1. The van der Waals surface area contributed by atoms with E-state index >= 15 is 0 Å². The predicted molar refractivity (Wildman–Crippen MR) is 91.4 cm³/mol. The molecule has 6 nitrogen and oxygen atoms in total. The van der Waals surface area contributed by atoms with E-state index in [-0.39, 0.29) is 0 Å². The molecule has 0 unspecified atom stereocenters. The number of nitrogens with zero attached hydrogens (tertiary/aromatic N) is 6. The fourth-order valence-electron chi connectivity index (χ4n) is 2.74. The van der Waals surface area contributed by atoms with Crippen LogP contribution in [-0.4, -0.2) is 50.8 Å². The van der Waals surface area contributed by atoms with Gasteiger partial charge in [-0.15, -0.1) is 11.3 Å². The molecular formula is C16H18N6S. The summed E-state index contributed by atoms with van der Waals surface area (Å²) in [6.45, 7) is 4.71. The fourth-order valence-corrected chi connectivity index (χ4v) is 3.44. The van der Waals surface area contributed by atoms with Gasteiger partial charge >= 0.3 is 0 Å². The van der Waals surface area contributed by atoms with Gasteiger partial charge in [0, 0.05) is 44.8 Å². The van der Waals surface area contributed by atoms with Crippen LogP contribution in [0.25, 0.3) is 10.6 Å². The van der Waals surface area contributed by atoms with Gasteiger partial charge in [0.05, 0.1) is 11.5 Å². The van der Waals surface area contributed by atoms with Crippen LogP contribution in [0.4, 0.5) is 5.95 Å². The quantitative estimate of drug-likeness (QED) is 0.735. The van der Waals surface area contributed by atoms with Crippen molar-refractivity contribution in [3.63, 3.8) is 0 Å². The molecule has 0 radical (unpaired) electrons. The molecular weight excluding hydrogens is 308 g/mol. The number of hydrogen-bond donors (Lipinski definition) is 0. The highest BCUT2D eigenvalue weighted by Gasteiger charge is 2.19. The summed E-state index contributed by atoms with van der Waals surface area (Å²) < 4.78 is 2.02. The summed E-state index contributed by atoms with van der Waals surface area (Å²) >= 11 is 1.72. The Bertz CT molecular complexity index is 731. The number of thiophene rings is 1. The van der Waals surface area contributed by atoms with Crippen molar-refractivity contribution < 1.29 is 0 Å². The topological polar surface area (TPSA) is 50.1 Å². The highest BCUT2D eigenvalue weighted by molar-refractivity contribution is 7.13. The minimum absolute atomic E-state index is 0.825. The van der Waals surface area contributed by atoms with Crippen molar-refractivity contribution in [1.29, 1.82) is 0 Å². The lowest BCUT2D eigenvalue weighted by Crippen LogP contribution is -2.47. The number of hydrogen-bond acceptors (Lipinski definition) is 6. The van der Waals surface area contributed by atoms with Gasteiger partial charge in [0.2, 0.25) is 5.95 Å². The normalized spacial score (nSPS) is 15.9. The summed E-state index contributed by atoms with van der Waals surface area (Å²) in [5.41, 5.74) is 1.05. The maximum absolute atomic E-state index is 4.67. The Balaban J connectivity index is 1.35. The first kappa shape index (κ1) is 14.3. The van der Waals surface area contributed by atoms with Gasteiger partial charge in [-0.05, 0) is 23.6 Å². The van der Waals surface area contributed by atoms with Crippen LogP contribution in [-0.2, 0) is 6.67 Å². The van der Waals surface area contributed by atoms with Crippen LogP contribution < -0.4 is 4.90 Å². The molecule has 1 fully saturated rings. The Morgan fingerprint density at radius 2 is 1.83 bits per heavy atom. The first-order valence-corrected chi connectivity index (χ1v) is 8.58.